The molecule has 0 aliphatic heterocycles. The van der Waals surface area contributed by atoms with Crippen LogP contribution in [-0.2, 0) is 10.2 Å². The Labute approximate surface area is 134 Å². The number of nitrogens with zero attached hydrogens (tertiary/aromatic N) is 2. The first-order valence-electron chi connectivity index (χ1n) is 7.40. The zero-order valence-electron chi connectivity index (χ0n) is 14.0. The van der Waals surface area contributed by atoms with Gasteiger partial charge in [-0.2, -0.15) is 12.7 Å². The van der Waals surface area contributed by atoms with E-state index >= 15 is 0 Å². The summed E-state index contributed by atoms with van der Waals surface area (Å²) in [7, 11) is 2.02. The fraction of sp³-hybridized carbons (Fsp3) is 0.600. The second-order valence-electron chi connectivity index (χ2n) is 5.19. The smallest absolute Gasteiger partial charge is 0.279 e. The number of ether oxygens (including phenoxy) is 1. The minimum atomic E-state index is -3.45. The van der Waals surface area contributed by atoms with Crippen molar-refractivity contribution in [3.8, 4) is 5.75 Å². The lowest BCUT2D eigenvalue weighted by atomic mass is 10.1. The van der Waals surface area contributed by atoms with Gasteiger partial charge in [0.05, 0.1) is 7.11 Å². The minimum absolute atomic E-state index is 0.0690. The maximum absolute atomic E-state index is 12.2. The molecule has 0 bridgehead atoms. The predicted octanol–water partition coefficient (Wildman–Crippen LogP) is 1.47. The highest BCUT2D eigenvalue weighted by Gasteiger charge is 2.22. The van der Waals surface area contributed by atoms with Gasteiger partial charge in [0.25, 0.3) is 10.2 Å². The van der Waals surface area contributed by atoms with Crippen LogP contribution in [0.15, 0.2) is 24.3 Å². The van der Waals surface area contributed by atoms with Crippen molar-refractivity contribution >= 4 is 10.2 Å². The van der Waals surface area contributed by atoms with Crippen LogP contribution in [0, 0.1) is 0 Å². The van der Waals surface area contributed by atoms with Crippen molar-refractivity contribution in [3.05, 3.63) is 29.8 Å². The van der Waals surface area contributed by atoms with Gasteiger partial charge < -0.3 is 9.64 Å². The Kier molecular flexibility index (Phi) is 7.28. The molecule has 1 aromatic carbocycles. The molecule has 0 aliphatic rings. The summed E-state index contributed by atoms with van der Waals surface area (Å²) in [5.74, 6) is 0.760. The predicted molar refractivity (Wildman–Crippen MR) is 89.3 cm³/mol. The van der Waals surface area contributed by atoms with Gasteiger partial charge in [-0.25, -0.2) is 4.72 Å². The van der Waals surface area contributed by atoms with Crippen LogP contribution in [0.4, 0.5) is 0 Å². The Morgan fingerprint density at radius 1 is 1.23 bits per heavy atom. The van der Waals surface area contributed by atoms with Gasteiger partial charge in [-0.15, -0.1) is 0 Å². The maximum atomic E-state index is 12.2. The molecule has 1 atom stereocenters. The molecule has 7 heteroatoms. The Hall–Kier alpha value is -1.15. The van der Waals surface area contributed by atoms with E-state index in [1.165, 1.54) is 4.31 Å². The average molecular weight is 329 g/mol. The van der Waals surface area contributed by atoms with Crippen LogP contribution < -0.4 is 9.46 Å². The standard InChI is InChI=1S/C15H27N3O3S/c1-6-18(7-2)22(19,20)16-12-15(17(3)4)13-9-8-10-14(11-13)21-5/h8-11,15-16H,6-7,12H2,1-5H3. The van der Waals surface area contributed by atoms with Crippen LogP contribution in [0.1, 0.15) is 25.5 Å². The molecule has 6 nitrogen and oxygen atoms in total. The highest BCUT2D eigenvalue weighted by Crippen LogP contribution is 2.22. The molecule has 126 valence electrons. The molecule has 0 amide bonds. The molecule has 0 saturated carbocycles. The third-order valence-corrected chi connectivity index (χ3v) is 5.33. The van der Waals surface area contributed by atoms with Crippen LogP contribution in [0.25, 0.3) is 0 Å². The van der Waals surface area contributed by atoms with Crippen molar-refractivity contribution in [2.75, 3.05) is 40.8 Å². The Morgan fingerprint density at radius 3 is 2.36 bits per heavy atom. The molecule has 22 heavy (non-hydrogen) atoms. The number of rotatable bonds is 9. The average Bonchev–Trinajstić information content (AvgIpc) is 2.48. The molecular weight excluding hydrogens is 302 g/mol. The van der Waals surface area contributed by atoms with Crippen LogP contribution in [0.3, 0.4) is 0 Å². The lowest BCUT2D eigenvalue weighted by molar-refractivity contribution is 0.296. The van der Waals surface area contributed by atoms with Gasteiger partial charge in [0, 0.05) is 25.7 Å². The van der Waals surface area contributed by atoms with Gasteiger partial charge >= 0.3 is 0 Å². The molecule has 1 unspecified atom stereocenters. The van der Waals surface area contributed by atoms with E-state index in [9.17, 15) is 8.42 Å². The number of hydrogen-bond acceptors (Lipinski definition) is 4. The summed E-state index contributed by atoms with van der Waals surface area (Å²) in [6.45, 7) is 4.87. The third-order valence-electron chi connectivity index (χ3n) is 3.61. The van der Waals surface area contributed by atoms with E-state index < -0.39 is 10.2 Å². The summed E-state index contributed by atoms with van der Waals surface area (Å²) in [6.07, 6.45) is 0. The van der Waals surface area contributed by atoms with E-state index in [1.807, 2.05) is 57.1 Å². The molecule has 0 saturated heterocycles. The molecule has 1 aromatic rings. The maximum Gasteiger partial charge on any atom is 0.279 e. The first-order valence-corrected chi connectivity index (χ1v) is 8.84. The molecule has 1 rings (SSSR count). The summed E-state index contributed by atoms with van der Waals surface area (Å²) >= 11 is 0. The van der Waals surface area contributed by atoms with Crippen molar-refractivity contribution < 1.29 is 13.2 Å². The molecular formula is C15H27N3O3S. The largest absolute Gasteiger partial charge is 0.497 e. The highest BCUT2D eigenvalue weighted by molar-refractivity contribution is 7.87. The van der Waals surface area contributed by atoms with Crippen LogP contribution in [0.2, 0.25) is 0 Å². The number of methoxy groups -OCH3 is 1. The van der Waals surface area contributed by atoms with Gasteiger partial charge in [-0.1, -0.05) is 26.0 Å². The first kappa shape index (κ1) is 18.9. The molecule has 0 fully saturated rings. The second-order valence-corrected chi connectivity index (χ2v) is 6.95. The lowest BCUT2D eigenvalue weighted by Crippen LogP contribution is -2.43. The third kappa shape index (κ3) is 4.95. The van der Waals surface area contributed by atoms with E-state index in [4.69, 9.17) is 4.74 Å². The molecule has 0 aliphatic carbocycles. The van der Waals surface area contributed by atoms with Crippen molar-refractivity contribution in [3.63, 3.8) is 0 Å². The van der Waals surface area contributed by atoms with E-state index in [2.05, 4.69) is 4.72 Å². The van der Waals surface area contributed by atoms with Gasteiger partial charge in [0.1, 0.15) is 5.75 Å². The van der Waals surface area contributed by atoms with Gasteiger partial charge in [0.2, 0.25) is 0 Å². The zero-order chi connectivity index (χ0) is 16.8. The number of nitrogens with one attached hydrogen (secondary N) is 1. The normalized spacial score (nSPS) is 13.6. The second kappa shape index (κ2) is 8.47. The fourth-order valence-electron chi connectivity index (χ4n) is 2.29. The monoisotopic (exact) mass is 329 g/mol. The quantitative estimate of drug-likeness (QED) is 0.745. The Morgan fingerprint density at radius 2 is 1.86 bits per heavy atom. The van der Waals surface area contributed by atoms with Gasteiger partial charge in [-0.3, -0.25) is 0 Å². The van der Waals surface area contributed by atoms with E-state index in [-0.39, 0.29) is 6.04 Å². The fourth-order valence-corrected chi connectivity index (χ4v) is 3.52. The minimum Gasteiger partial charge on any atom is -0.497 e. The topological polar surface area (TPSA) is 61.9 Å². The van der Waals surface area contributed by atoms with E-state index in [0.29, 0.717) is 19.6 Å². The van der Waals surface area contributed by atoms with Crippen molar-refractivity contribution in [1.82, 2.24) is 13.9 Å². The molecule has 0 radical (unpaired) electrons. The lowest BCUT2D eigenvalue weighted by Gasteiger charge is -2.27. The molecule has 0 heterocycles. The summed E-state index contributed by atoms with van der Waals surface area (Å²) in [5, 5.41) is 0. The summed E-state index contributed by atoms with van der Waals surface area (Å²) in [4.78, 5) is 1.99. The number of benzene rings is 1. The van der Waals surface area contributed by atoms with Gasteiger partial charge in [0.15, 0.2) is 0 Å². The summed E-state index contributed by atoms with van der Waals surface area (Å²) in [6, 6.07) is 7.61. The van der Waals surface area contributed by atoms with E-state index in [1.54, 1.807) is 7.11 Å². The van der Waals surface area contributed by atoms with Crippen molar-refractivity contribution in [2.45, 2.75) is 19.9 Å². The van der Waals surface area contributed by atoms with Gasteiger partial charge in [-0.05, 0) is 31.8 Å². The Balaban J connectivity index is 2.89. The molecule has 0 aromatic heterocycles. The van der Waals surface area contributed by atoms with Crippen LogP contribution in [0.5, 0.6) is 5.75 Å². The van der Waals surface area contributed by atoms with Crippen LogP contribution >= 0.6 is 0 Å². The number of likely N-dealkylation sites (N-methyl/N-ethyl adjacent to an activating group) is 1. The molecule has 0 spiro atoms. The Bertz CT molecular complexity index is 557. The van der Waals surface area contributed by atoms with Crippen molar-refractivity contribution in [2.24, 2.45) is 0 Å². The summed E-state index contributed by atoms with van der Waals surface area (Å²) in [5.41, 5.74) is 1.01. The van der Waals surface area contributed by atoms with E-state index in [0.717, 1.165) is 11.3 Å². The summed E-state index contributed by atoms with van der Waals surface area (Å²) < 4.78 is 33.8. The number of hydrogen-bond donors (Lipinski definition) is 1. The SMILES string of the molecule is CCN(CC)S(=O)(=O)NCC(c1cccc(OC)c1)N(C)C. The zero-order valence-corrected chi connectivity index (χ0v) is 14.9. The van der Waals surface area contributed by atoms with Crippen LogP contribution in [-0.4, -0.2) is 58.5 Å². The van der Waals surface area contributed by atoms with Crippen molar-refractivity contribution in [1.29, 1.82) is 0 Å². The molecule has 1 N–H and O–H groups in total. The first-order chi connectivity index (χ1) is 10.4. The highest BCUT2D eigenvalue weighted by atomic mass is 32.2.